The molecule has 0 amide bonds. The van der Waals surface area contributed by atoms with Gasteiger partial charge in [0, 0.05) is 24.2 Å². The van der Waals surface area contributed by atoms with Crippen molar-refractivity contribution in [1.29, 1.82) is 0 Å². The van der Waals surface area contributed by atoms with Gasteiger partial charge in [0.15, 0.2) is 5.96 Å². The van der Waals surface area contributed by atoms with E-state index in [1.807, 2.05) is 30.2 Å². The second-order valence-electron chi connectivity index (χ2n) is 5.81. The molecule has 9 heteroatoms. The summed E-state index contributed by atoms with van der Waals surface area (Å²) in [5.74, 6) is 0.187. The van der Waals surface area contributed by atoms with Crippen molar-refractivity contribution in [3.8, 4) is 5.88 Å². The SMILES string of the molecule is CC(C)(c1cccc(OC(F)F)n1)N1CC=C(c2nccs2)N=C1N. The van der Waals surface area contributed by atoms with Crippen molar-refractivity contribution in [2.24, 2.45) is 10.7 Å². The lowest BCUT2D eigenvalue weighted by atomic mass is 9.97. The third-order valence-electron chi connectivity index (χ3n) is 3.87. The van der Waals surface area contributed by atoms with E-state index in [1.165, 1.54) is 17.4 Å². The highest BCUT2D eigenvalue weighted by Gasteiger charge is 2.33. The quantitative estimate of drug-likeness (QED) is 0.881. The summed E-state index contributed by atoms with van der Waals surface area (Å²) in [5, 5.41) is 2.67. The van der Waals surface area contributed by atoms with E-state index >= 15 is 0 Å². The number of aromatic nitrogens is 2. The molecule has 0 aromatic carbocycles. The molecule has 1 aliphatic rings. The van der Waals surface area contributed by atoms with Gasteiger partial charge in [-0.25, -0.2) is 15.0 Å². The van der Waals surface area contributed by atoms with Gasteiger partial charge in [-0.2, -0.15) is 8.78 Å². The van der Waals surface area contributed by atoms with Crippen molar-refractivity contribution in [3.63, 3.8) is 0 Å². The van der Waals surface area contributed by atoms with Crippen LogP contribution in [0.4, 0.5) is 8.78 Å². The molecule has 2 aromatic rings. The molecule has 6 nitrogen and oxygen atoms in total. The maximum atomic E-state index is 12.4. The molecule has 0 unspecified atom stereocenters. The van der Waals surface area contributed by atoms with E-state index in [0.717, 1.165) is 10.7 Å². The fourth-order valence-corrected chi connectivity index (χ4v) is 3.17. The summed E-state index contributed by atoms with van der Waals surface area (Å²) < 4.78 is 29.2. The summed E-state index contributed by atoms with van der Waals surface area (Å²) in [5.41, 5.74) is 6.76. The number of hydrogen-bond donors (Lipinski definition) is 1. The minimum Gasteiger partial charge on any atom is -0.417 e. The van der Waals surface area contributed by atoms with Gasteiger partial charge in [-0.15, -0.1) is 11.3 Å². The summed E-state index contributed by atoms with van der Waals surface area (Å²) >= 11 is 1.48. The van der Waals surface area contributed by atoms with Gasteiger partial charge in [0.1, 0.15) is 10.7 Å². The average Bonchev–Trinajstić information content (AvgIpc) is 3.08. The average molecular weight is 365 g/mol. The Bertz CT molecular complexity index is 805. The fraction of sp³-hybridized carbons (Fsp3) is 0.312. The second-order valence-corrected chi connectivity index (χ2v) is 6.70. The Balaban J connectivity index is 1.85. The van der Waals surface area contributed by atoms with Crippen molar-refractivity contribution in [1.82, 2.24) is 14.9 Å². The Morgan fingerprint density at radius 2 is 2.16 bits per heavy atom. The van der Waals surface area contributed by atoms with Crippen LogP contribution >= 0.6 is 11.3 Å². The summed E-state index contributed by atoms with van der Waals surface area (Å²) in [4.78, 5) is 14.7. The first kappa shape index (κ1) is 17.3. The minimum atomic E-state index is -2.92. The minimum absolute atomic E-state index is 0.132. The van der Waals surface area contributed by atoms with E-state index < -0.39 is 12.2 Å². The lowest BCUT2D eigenvalue weighted by Crippen LogP contribution is -2.50. The maximum Gasteiger partial charge on any atom is 0.388 e. The van der Waals surface area contributed by atoms with Crippen LogP contribution in [0.3, 0.4) is 0 Å². The van der Waals surface area contributed by atoms with Crippen molar-refractivity contribution in [3.05, 3.63) is 46.6 Å². The topological polar surface area (TPSA) is 76.6 Å². The van der Waals surface area contributed by atoms with Crippen LogP contribution in [0, 0.1) is 0 Å². The van der Waals surface area contributed by atoms with Crippen LogP contribution in [0.15, 0.2) is 40.8 Å². The number of ether oxygens (including phenoxy) is 1. The zero-order valence-electron chi connectivity index (χ0n) is 13.7. The van der Waals surface area contributed by atoms with Crippen molar-refractivity contribution >= 4 is 23.0 Å². The predicted octanol–water partition coefficient (Wildman–Crippen LogP) is 3.05. The summed E-state index contributed by atoms with van der Waals surface area (Å²) in [6.07, 6.45) is 3.64. The first-order valence-corrected chi connectivity index (χ1v) is 8.40. The number of rotatable bonds is 5. The number of aliphatic imine (C=N–C) groups is 1. The molecule has 3 rings (SSSR count). The van der Waals surface area contributed by atoms with Crippen LogP contribution in [-0.2, 0) is 5.54 Å². The first-order valence-electron chi connectivity index (χ1n) is 7.52. The van der Waals surface area contributed by atoms with Crippen LogP contribution in [-0.4, -0.2) is 34.0 Å². The number of nitrogens with zero attached hydrogens (tertiary/aromatic N) is 4. The highest BCUT2D eigenvalue weighted by molar-refractivity contribution is 7.10. The van der Waals surface area contributed by atoms with Gasteiger partial charge in [0.05, 0.1) is 11.2 Å². The van der Waals surface area contributed by atoms with E-state index in [0.29, 0.717) is 18.2 Å². The standard InChI is InChI=1S/C16H17F2N5OS/c1-16(2,11-4-3-5-12(22-11)24-14(17)18)23-8-6-10(21-15(23)19)13-20-7-9-25-13/h3-7,9,14H,8H2,1-2H3,(H2,19,21). The molecule has 0 aliphatic carbocycles. The number of halogens is 2. The van der Waals surface area contributed by atoms with E-state index in [2.05, 4.69) is 19.7 Å². The van der Waals surface area contributed by atoms with E-state index in [4.69, 9.17) is 5.73 Å². The van der Waals surface area contributed by atoms with E-state index in [1.54, 1.807) is 18.3 Å². The molecular weight excluding hydrogens is 348 g/mol. The van der Waals surface area contributed by atoms with Gasteiger partial charge < -0.3 is 15.4 Å². The van der Waals surface area contributed by atoms with E-state index in [-0.39, 0.29) is 5.88 Å². The van der Waals surface area contributed by atoms with Crippen molar-refractivity contribution in [2.45, 2.75) is 26.0 Å². The van der Waals surface area contributed by atoms with Gasteiger partial charge in [-0.1, -0.05) is 6.07 Å². The van der Waals surface area contributed by atoms with Crippen LogP contribution in [0.1, 0.15) is 24.5 Å². The highest BCUT2D eigenvalue weighted by atomic mass is 32.1. The lowest BCUT2D eigenvalue weighted by molar-refractivity contribution is -0.0531. The number of alkyl halides is 2. The van der Waals surface area contributed by atoms with Gasteiger partial charge in [-0.3, -0.25) is 0 Å². The van der Waals surface area contributed by atoms with Crippen molar-refractivity contribution < 1.29 is 13.5 Å². The number of thiazole rings is 1. The molecular formula is C16H17F2N5OS. The van der Waals surface area contributed by atoms with Crippen LogP contribution in [0.25, 0.3) is 5.70 Å². The molecule has 3 heterocycles. The normalized spacial score (nSPS) is 15.2. The van der Waals surface area contributed by atoms with Gasteiger partial charge >= 0.3 is 6.61 Å². The summed E-state index contributed by atoms with van der Waals surface area (Å²) in [6.45, 7) is 1.37. The molecule has 0 saturated carbocycles. The third-order valence-corrected chi connectivity index (χ3v) is 4.66. The number of pyridine rings is 1. The molecule has 0 spiro atoms. The van der Waals surface area contributed by atoms with Crippen LogP contribution in [0.5, 0.6) is 5.88 Å². The molecule has 0 bridgehead atoms. The number of hydrogen-bond acceptors (Lipinski definition) is 7. The van der Waals surface area contributed by atoms with Gasteiger partial charge in [0.25, 0.3) is 0 Å². The smallest absolute Gasteiger partial charge is 0.388 e. The predicted molar refractivity (Wildman–Crippen MR) is 92.3 cm³/mol. The van der Waals surface area contributed by atoms with Crippen LogP contribution < -0.4 is 10.5 Å². The largest absolute Gasteiger partial charge is 0.417 e. The zero-order valence-corrected chi connectivity index (χ0v) is 14.5. The zero-order chi connectivity index (χ0) is 18.0. The Morgan fingerprint density at radius 3 is 2.80 bits per heavy atom. The third kappa shape index (κ3) is 3.60. The lowest BCUT2D eigenvalue weighted by Gasteiger charge is -2.39. The van der Waals surface area contributed by atoms with Gasteiger partial charge in [-0.05, 0) is 26.0 Å². The Hall–Kier alpha value is -2.55. The Morgan fingerprint density at radius 1 is 1.36 bits per heavy atom. The summed E-state index contributed by atoms with van der Waals surface area (Å²) in [6, 6.07) is 4.75. The molecule has 0 saturated heterocycles. The van der Waals surface area contributed by atoms with Crippen molar-refractivity contribution in [2.75, 3.05) is 6.54 Å². The molecule has 1 aliphatic heterocycles. The number of guanidine groups is 1. The van der Waals surface area contributed by atoms with Crippen LogP contribution in [0.2, 0.25) is 0 Å². The molecule has 0 radical (unpaired) electrons. The van der Waals surface area contributed by atoms with Gasteiger partial charge in [0.2, 0.25) is 5.88 Å². The molecule has 2 aromatic heterocycles. The first-order chi connectivity index (χ1) is 11.9. The fourth-order valence-electron chi connectivity index (χ4n) is 2.55. The maximum absolute atomic E-state index is 12.4. The molecule has 0 atom stereocenters. The second kappa shape index (κ2) is 6.75. The van der Waals surface area contributed by atoms with E-state index in [9.17, 15) is 8.78 Å². The Kier molecular flexibility index (Phi) is 4.67. The summed E-state index contributed by atoms with van der Waals surface area (Å²) in [7, 11) is 0. The Labute approximate surface area is 147 Å². The monoisotopic (exact) mass is 365 g/mol. The molecule has 25 heavy (non-hydrogen) atoms. The molecule has 0 fully saturated rings. The molecule has 132 valence electrons. The highest BCUT2D eigenvalue weighted by Crippen LogP contribution is 2.31. The number of nitrogens with two attached hydrogens (primary N) is 1. The molecule has 2 N–H and O–H groups in total.